The quantitative estimate of drug-likeness (QED) is 0.752. The van der Waals surface area contributed by atoms with Crippen LogP contribution < -0.4 is 10.2 Å². The summed E-state index contributed by atoms with van der Waals surface area (Å²) in [7, 11) is 0. The standard InChI is InChI=1S/C24H31N3O2/c1-17(2)22-7-5-6-18(3)24(22)25-23(29)16-26-12-14-27(15-13-26)21-10-8-20(9-11-21)19(4)28/h5-11,17H,12-16H2,1-4H3,(H,25,29). The molecule has 0 atom stereocenters. The summed E-state index contributed by atoms with van der Waals surface area (Å²) >= 11 is 0. The maximum Gasteiger partial charge on any atom is 0.238 e. The van der Waals surface area contributed by atoms with Gasteiger partial charge in [-0.25, -0.2) is 0 Å². The van der Waals surface area contributed by atoms with E-state index in [9.17, 15) is 9.59 Å². The van der Waals surface area contributed by atoms with E-state index in [1.807, 2.05) is 43.3 Å². The lowest BCUT2D eigenvalue weighted by Crippen LogP contribution is -2.48. The van der Waals surface area contributed by atoms with Crippen LogP contribution in [0.1, 0.15) is 48.2 Å². The number of carbonyl (C=O) groups excluding carboxylic acids is 2. The molecular weight excluding hydrogens is 362 g/mol. The van der Waals surface area contributed by atoms with Gasteiger partial charge in [0.05, 0.1) is 6.54 Å². The summed E-state index contributed by atoms with van der Waals surface area (Å²) in [5.74, 6) is 0.491. The van der Waals surface area contributed by atoms with Crippen LogP contribution >= 0.6 is 0 Å². The molecule has 2 aromatic carbocycles. The summed E-state index contributed by atoms with van der Waals surface area (Å²) in [6.45, 7) is 11.7. The van der Waals surface area contributed by atoms with E-state index in [0.717, 1.165) is 48.7 Å². The van der Waals surface area contributed by atoms with Crippen LogP contribution in [0.4, 0.5) is 11.4 Å². The lowest BCUT2D eigenvalue weighted by Gasteiger charge is -2.35. The molecule has 0 radical (unpaired) electrons. The lowest BCUT2D eigenvalue weighted by atomic mass is 9.98. The molecule has 1 saturated heterocycles. The molecule has 0 aliphatic carbocycles. The summed E-state index contributed by atoms with van der Waals surface area (Å²) in [5, 5.41) is 3.14. The molecule has 1 aliphatic heterocycles. The number of anilines is 2. The van der Waals surface area contributed by atoms with Crippen molar-refractivity contribution in [1.82, 2.24) is 4.90 Å². The Morgan fingerprint density at radius 1 is 1.00 bits per heavy atom. The van der Waals surface area contributed by atoms with Gasteiger partial charge in [-0.1, -0.05) is 32.0 Å². The van der Waals surface area contributed by atoms with Crippen LogP contribution in [0.2, 0.25) is 0 Å². The maximum absolute atomic E-state index is 12.7. The minimum Gasteiger partial charge on any atom is -0.369 e. The number of nitrogens with one attached hydrogen (secondary N) is 1. The van der Waals surface area contributed by atoms with E-state index in [-0.39, 0.29) is 11.7 Å². The van der Waals surface area contributed by atoms with Gasteiger partial charge < -0.3 is 10.2 Å². The largest absolute Gasteiger partial charge is 0.369 e. The molecule has 5 heteroatoms. The van der Waals surface area contributed by atoms with Crippen LogP contribution in [0.3, 0.4) is 0 Å². The molecule has 5 nitrogen and oxygen atoms in total. The summed E-state index contributed by atoms with van der Waals surface area (Å²) in [6, 6.07) is 13.9. The van der Waals surface area contributed by atoms with Crippen LogP contribution in [0, 0.1) is 6.92 Å². The van der Waals surface area contributed by atoms with Crippen LogP contribution in [0.25, 0.3) is 0 Å². The number of piperazine rings is 1. The third-order valence-electron chi connectivity index (χ3n) is 5.57. The Morgan fingerprint density at radius 2 is 1.66 bits per heavy atom. The van der Waals surface area contributed by atoms with Crippen molar-refractivity contribution in [1.29, 1.82) is 0 Å². The van der Waals surface area contributed by atoms with Gasteiger partial charge in [-0.2, -0.15) is 0 Å². The predicted octanol–water partition coefficient (Wildman–Crippen LogP) is 4.08. The van der Waals surface area contributed by atoms with Gasteiger partial charge in [-0.3, -0.25) is 14.5 Å². The molecule has 29 heavy (non-hydrogen) atoms. The predicted molar refractivity (Wildman–Crippen MR) is 119 cm³/mol. The molecule has 1 heterocycles. The number of hydrogen-bond acceptors (Lipinski definition) is 4. The topological polar surface area (TPSA) is 52.7 Å². The monoisotopic (exact) mass is 393 g/mol. The molecule has 1 fully saturated rings. The molecule has 2 aromatic rings. The fraction of sp³-hybridized carbons (Fsp3) is 0.417. The van der Waals surface area contributed by atoms with E-state index in [0.29, 0.717) is 12.5 Å². The number of carbonyl (C=O) groups is 2. The van der Waals surface area contributed by atoms with Crippen LogP contribution in [0.5, 0.6) is 0 Å². The van der Waals surface area contributed by atoms with Crippen molar-refractivity contribution in [3.63, 3.8) is 0 Å². The van der Waals surface area contributed by atoms with Gasteiger partial charge in [0.2, 0.25) is 5.91 Å². The second-order valence-electron chi connectivity index (χ2n) is 8.11. The lowest BCUT2D eigenvalue weighted by molar-refractivity contribution is -0.117. The number of nitrogens with zero attached hydrogens (tertiary/aromatic N) is 2. The van der Waals surface area contributed by atoms with Crippen molar-refractivity contribution in [2.75, 3.05) is 42.9 Å². The number of aryl methyl sites for hydroxylation is 1. The zero-order chi connectivity index (χ0) is 21.0. The number of hydrogen-bond donors (Lipinski definition) is 1. The Bertz CT molecular complexity index is 866. The Labute approximate surface area is 173 Å². The highest BCUT2D eigenvalue weighted by atomic mass is 16.2. The highest BCUT2D eigenvalue weighted by molar-refractivity contribution is 5.94. The van der Waals surface area contributed by atoms with Gasteiger partial charge in [0.15, 0.2) is 5.78 Å². The Kier molecular flexibility index (Phi) is 6.70. The van der Waals surface area contributed by atoms with E-state index in [4.69, 9.17) is 0 Å². The Balaban J connectivity index is 1.54. The van der Waals surface area contributed by atoms with Gasteiger partial charge in [0, 0.05) is 43.1 Å². The normalized spacial score (nSPS) is 14.9. The first-order valence-corrected chi connectivity index (χ1v) is 10.3. The first-order chi connectivity index (χ1) is 13.8. The average Bonchev–Trinajstić information content (AvgIpc) is 2.70. The van der Waals surface area contributed by atoms with Crippen molar-refractivity contribution >= 4 is 23.1 Å². The molecule has 0 spiro atoms. The highest BCUT2D eigenvalue weighted by Gasteiger charge is 2.20. The molecule has 0 bridgehead atoms. The summed E-state index contributed by atoms with van der Waals surface area (Å²) < 4.78 is 0. The van der Waals surface area contributed by atoms with Crippen LogP contribution in [-0.4, -0.2) is 49.3 Å². The van der Waals surface area contributed by atoms with Crippen molar-refractivity contribution in [3.05, 3.63) is 59.2 Å². The molecule has 0 saturated carbocycles. The number of amides is 1. The molecule has 1 amide bonds. The zero-order valence-electron chi connectivity index (χ0n) is 17.9. The molecule has 3 rings (SSSR count). The van der Waals surface area contributed by atoms with Gasteiger partial charge >= 0.3 is 0 Å². The number of Topliss-reactive ketones (excluding diaryl/α,β-unsaturated/α-hetero) is 1. The number of rotatable bonds is 6. The average molecular weight is 394 g/mol. The van der Waals surface area contributed by atoms with E-state index in [2.05, 4.69) is 35.0 Å². The molecular formula is C24H31N3O2. The van der Waals surface area contributed by atoms with E-state index in [1.54, 1.807) is 6.92 Å². The molecule has 1 N–H and O–H groups in total. The van der Waals surface area contributed by atoms with Gasteiger partial charge in [-0.05, 0) is 55.2 Å². The third kappa shape index (κ3) is 5.24. The number of para-hydroxylation sites is 1. The minimum absolute atomic E-state index is 0.0421. The number of ketones is 1. The second kappa shape index (κ2) is 9.23. The fourth-order valence-corrected chi connectivity index (χ4v) is 3.80. The SMILES string of the molecule is CC(=O)c1ccc(N2CCN(CC(=O)Nc3c(C)cccc3C(C)C)CC2)cc1. The first-order valence-electron chi connectivity index (χ1n) is 10.3. The fourth-order valence-electron chi connectivity index (χ4n) is 3.80. The van der Waals surface area contributed by atoms with Crippen LogP contribution in [0.15, 0.2) is 42.5 Å². The first kappa shape index (κ1) is 21.1. The minimum atomic E-state index is 0.0421. The van der Waals surface area contributed by atoms with E-state index in [1.165, 1.54) is 5.56 Å². The summed E-state index contributed by atoms with van der Waals surface area (Å²) in [6.07, 6.45) is 0. The molecule has 1 aliphatic rings. The van der Waals surface area contributed by atoms with Crippen molar-refractivity contribution < 1.29 is 9.59 Å². The Hall–Kier alpha value is -2.66. The highest BCUT2D eigenvalue weighted by Crippen LogP contribution is 2.27. The van der Waals surface area contributed by atoms with Crippen molar-refractivity contribution in [3.8, 4) is 0 Å². The summed E-state index contributed by atoms with van der Waals surface area (Å²) in [4.78, 5) is 28.6. The van der Waals surface area contributed by atoms with Crippen molar-refractivity contribution in [2.45, 2.75) is 33.6 Å². The van der Waals surface area contributed by atoms with Crippen LogP contribution in [-0.2, 0) is 4.79 Å². The van der Waals surface area contributed by atoms with E-state index < -0.39 is 0 Å². The smallest absolute Gasteiger partial charge is 0.238 e. The van der Waals surface area contributed by atoms with E-state index >= 15 is 0 Å². The molecule has 0 unspecified atom stereocenters. The van der Waals surface area contributed by atoms with Gasteiger partial charge in [0.1, 0.15) is 0 Å². The maximum atomic E-state index is 12.7. The van der Waals surface area contributed by atoms with Gasteiger partial charge in [0.25, 0.3) is 0 Å². The van der Waals surface area contributed by atoms with Gasteiger partial charge in [-0.15, -0.1) is 0 Å². The van der Waals surface area contributed by atoms with Crippen molar-refractivity contribution in [2.24, 2.45) is 0 Å². The summed E-state index contributed by atoms with van der Waals surface area (Å²) in [5.41, 5.74) is 5.10. The third-order valence-corrected chi connectivity index (χ3v) is 5.57. The molecule has 0 aromatic heterocycles. The Morgan fingerprint density at radius 3 is 2.24 bits per heavy atom. The number of benzene rings is 2. The zero-order valence-corrected chi connectivity index (χ0v) is 17.9. The molecule has 154 valence electrons. The second-order valence-corrected chi connectivity index (χ2v) is 8.11.